The van der Waals surface area contributed by atoms with E-state index < -0.39 is 15.3 Å². The van der Waals surface area contributed by atoms with Crippen molar-refractivity contribution >= 4 is 15.7 Å². The number of amides is 1. The van der Waals surface area contributed by atoms with E-state index in [-0.39, 0.29) is 43.2 Å². The average Bonchev–Trinajstić information content (AvgIpc) is 2.78. The molecule has 0 aromatic heterocycles. The van der Waals surface area contributed by atoms with Crippen molar-refractivity contribution < 1.29 is 18.3 Å². The lowest BCUT2D eigenvalue weighted by atomic mass is 9.80. The van der Waals surface area contributed by atoms with Crippen LogP contribution in [0.5, 0.6) is 0 Å². The van der Waals surface area contributed by atoms with Crippen molar-refractivity contribution in [3.63, 3.8) is 0 Å². The monoisotopic (exact) mass is 306 g/mol. The molecular formula is C13H26N2O4S. The minimum absolute atomic E-state index is 0.00712. The molecule has 3 N–H and O–H groups in total. The Balaban J connectivity index is 2.99. The second-order valence-corrected chi connectivity index (χ2v) is 7.70. The van der Waals surface area contributed by atoms with Crippen molar-refractivity contribution in [2.45, 2.75) is 39.2 Å². The number of hydrogen-bond donors (Lipinski definition) is 2. The van der Waals surface area contributed by atoms with Crippen LogP contribution in [0.15, 0.2) is 0 Å². The number of nitrogens with zero attached hydrogens (tertiary/aromatic N) is 1. The SMILES string of the molecule is CCC(CC)(CN)C(=O)N(CCO)C1CCS(=O)(=O)C1. The smallest absolute Gasteiger partial charge is 0.230 e. The van der Waals surface area contributed by atoms with Crippen LogP contribution in [0.2, 0.25) is 0 Å². The first-order valence-corrected chi connectivity index (χ1v) is 9.00. The standard InChI is InChI=1S/C13H26N2O4S/c1-3-13(4-2,10-14)12(17)15(6-7-16)11-5-8-20(18,19)9-11/h11,16H,3-10,14H2,1-2H3. The molecule has 7 heteroatoms. The number of hydrogen-bond acceptors (Lipinski definition) is 5. The summed E-state index contributed by atoms with van der Waals surface area (Å²) in [6.45, 7) is 4.06. The number of carbonyl (C=O) groups excluding carboxylic acids is 1. The van der Waals surface area contributed by atoms with Gasteiger partial charge in [0.05, 0.1) is 23.5 Å². The number of carbonyl (C=O) groups is 1. The highest BCUT2D eigenvalue weighted by molar-refractivity contribution is 7.91. The van der Waals surface area contributed by atoms with E-state index in [1.54, 1.807) is 0 Å². The Bertz CT molecular complexity index is 423. The summed E-state index contributed by atoms with van der Waals surface area (Å²) >= 11 is 0. The molecule has 0 spiro atoms. The van der Waals surface area contributed by atoms with Gasteiger partial charge in [-0.25, -0.2) is 8.42 Å². The molecule has 0 saturated carbocycles. The summed E-state index contributed by atoms with van der Waals surface area (Å²) in [7, 11) is -3.06. The summed E-state index contributed by atoms with van der Waals surface area (Å²) in [4.78, 5) is 14.3. The van der Waals surface area contributed by atoms with Gasteiger partial charge >= 0.3 is 0 Å². The van der Waals surface area contributed by atoms with Crippen LogP contribution in [0.4, 0.5) is 0 Å². The highest BCUT2D eigenvalue weighted by atomic mass is 32.2. The Morgan fingerprint density at radius 1 is 1.40 bits per heavy atom. The van der Waals surface area contributed by atoms with Gasteiger partial charge in [-0.2, -0.15) is 0 Å². The number of nitrogens with two attached hydrogens (primary N) is 1. The van der Waals surface area contributed by atoms with Gasteiger partial charge in [0.2, 0.25) is 5.91 Å². The lowest BCUT2D eigenvalue weighted by Gasteiger charge is -2.37. The molecule has 1 atom stereocenters. The first kappa shape index (κ1) is 17.4. The zero-order valence-electron chi connectivity index (χ0n) is 12.3. The van der Waals surface area contributed by atoms with Gasteiger partial charge < -0.3 is 15.7 Å². The summed E-state index contributed by atoms with van der Waals surface area (Å²) in [6.07, 6.45) is 1.67. The third-order valence-electron chi connectivity index (χ3n) is 4.45. The molecule has 0 aromatic carbocycles. The fourth-order valence-corrected chi connectivity index (χ4v) is 4.54. The van der Waals surface area contributed by atoms with E-state index in [2.05, 4.69) is 0 Å². The molecule has 1 heterocycles. The van der Waals surface area contributed by atoms with E-state index in [1.165, 1.54) is 4.90 Å². The van der Waals surface area contributed by atoms with Crippen molar-refractivity contribution in [3.05, 3.63) is 0 Å². The van der Waals surface area contributed by atoms with Crippen LogP contribution in [0, 0.1) is 5.41 Å². The van der Waals surface area contributed by atoms with Crippen LogP contribution in [0.3, 0.4) is 0 Å². The second-order valence-electron chi connectivity index (χ2n) is 5.47. The molecule has 1 amide bonds. The summed E-state index contributed by atoms with van der Waals surface area (Å²) in [6, 6.07) is -0.330. The molecule has 1 saturated heterocycles. The summed E-state index contributed by atoms with van der Waals surface area (Å²) in [5, 5.41) is 9.19. The van der Waals surface area contributed by atoms with Crippen molar-refractivity contribution in [1.29, 1.82) is 0 Å². The van der Waals surface area contributed by atoms with Gasteiger partial charge in [0.1, 0.15) is 0 Å². The Labute approximate surface area is 121 Å². The van der Waals surface area contributed by atoms with Crippen molar-refractivity contribution in [2.75, 3.05) is 31.2 Å². The second kappa shape index (κ2) is 6.87. The van der Waals surface area contributed by atoms with E-state index in [1.807, 2.05) is 13.8 Å². The fraction of sp³-hybridized carbons (Fsp3) is 0.923. The molecule has 1 unspecified atom stereocenters. The van der Waals surface area contributed by atoms with E-state index in [0.717, 1.165) is 0 Å². The highest BCUT2D eigenvalue weighted by Crippen LogP contribution is 2.30. The largest absolute Gasteiger partial charge is 0.395 e. The molecule has 0 aliphatic carbocycles. The molecule has 20 heavy (non-hydrogen) atoms. The van der Waals surface area contributed by atoms with Crippen LogP contribution in [0.1, 0.15) is 33.1 Å². The van der Waals surface area contributed by atoms with Gasteiger partial charge in [-0.15, -0.1) is 0 Å². The molecular weight excluding hydrogens is 280 g/mol. The van der Waals surface area contributed by atoms with Crippen LogP contribution < -0.4 is 5.73 Å². The lowest BCUT2D eigenvalue weighted by Crippen LogP contribution is -2.52. The minimum Gasteiger partial charge on any atom is -0.395 e. The normalized spacial score (nSPS) is 21.9. The minimum atomic E-state index is -3.06. The van der Waals surface area contributed by atoms with E-state index in [9.17, 15) is 18.3 Å². The number of sulfone groups is 1. The first-order valence-electron chi connectivity index (χ1n) is 7.18. The molecule has 0 radical (unpaired) electrons. The summed E-state index contributed by atoms with van der Waals surface area (Å²) in [5.74, 6) is -0.0192. The fourth-order valence-electron chi connectivity index (χ4n) is 2.81. The number of rotatable bonds is 7. The number of aliphatic hydroxyl groups is 1. The molecule has 0 bridgehead atoms. The van der Waals surface area contributed by atoms with Crippen LogP contribution in [-0.2, 0) is 14.6 Å². The third kappa shape index (κ3) is 3.51. The Morgan fingerprint density at radius 3 is 2.35 bits per heavy atom. The maximum absolute atomic E-state index is 12.8. The highest BCUT2D eigenvalue weighted by Gasteiger charge is 2.42. The Hall–Kier alpha value is -0.660. The van der Waals surface area contributed by atoms with Gasteiger partial charge in [0.25, 0.3) is 0 Å². The van der Waals surface area contributed by atoms with Gasteiger partial charge in [0, 0.05) is 19.1 Å². The quantitative estimate of drug-likeness (QED) is 0.676. The predicted octanol–water partition coefficient (Wildman–Crippen LogP) is -0.240. The molecule has 6 nitrogen and oxygen atoms in total. The van der Waals surface area contributed by atoms with Gasteiger partial charge in [-0.1, -0.05) is 13.8 Å². The van der Waals surface area contributed by atoms with Crippen LogP contribution in [0.25, 0.3) is 0 Å². The molecule has 1 aliphatic heterocycles. The van der Waals surface area contributed by atoms with Crippen molar-refractivity contribution in [3.8, 4) is 0 Å². The molecule has 1 rings (SSSR count). The Morgan fingerprint density at radius 2 is 2.00 bits per heavy atom. The maximum Gasteiger partial charge on any atom is 0.230 e. The van der Waals surface area contributed by atoms with E-state index >= 15 is 0 Å². The predicted molar refractivity (Wildman–Crippen MR) is 77.9 cm³/mol. The third-order valence-corrected chi connectivity index (χ3v) is 6.20. The molecule has 1 aliphatic rings. The topological polar surface area (TPSA) is 101 Å². The number of aliphatic hydroxyl groups excluding tert-OH is 1. The van der Waals surface area contributed by atoms with Crippen LogP contribution in [-0.4, -0.2) is 61.6 Å². The van der Waals surface area contributed by atoms with E-state index in [4.69, 9.17) is 5.73 Å². The maximum atomic E-state index is 12.8. The van der Waals surface area contributed by atoms with Gasteiger partial charge in [-0.05, 0) is 19.3 Å². The zero-order valence-corrected chi connectivity index (χ0v) is 13.2. The molecule has 118 valence electrons. The lowest BCUT2D eigenvalue weighted by molar-refractivity contribution is -0.144. The molecule has 0 aromatic rings. The van der Waals surface area contributed by atoms with E-state index in [0.29, 0.717) is 19.3 Å². The van der Waals surface area contributed by atoms with Gasteiger partial charge in [0.15, 0.2) is 9.84 Å². The summed E-state index contributed by atoms with van der Waals surface area (Å²) < 4.78 is 23.2. The van der Waals surface area contributed by atoms with Gasteiger partial charge in [-0.3, -0.25) is 4.79 Å². The average molecular weight is 306 g/mol. The van der Waals surface area contributed by atoms with Crippen molar-refractivity contribution in [1.82, 2.24) is 4.90 Å². The summed E-state index contributed by atoms with van der Waals surface area (Å²) in [5.41, 5.74) is 5.14. The Kier molecular flexibility index (Phi) is 5.97. The van der Waals surface area contributed by atoms with Crippen molar-refractivity contribution in [2.24, 2.45) is 11.1 Å². The first-order chi connectivity index (χ1) is 9.35. The zero-order chi connectivity index (χ0) is 15.4. The molecule has 1 fully saturated rings. The van der Waals surface area contributed by atoms with Crippen LogP contribution >= 0.6 is 0 Å².